The zero-order valence-corrected chi connectivity index (χ0v) is 15.5. The van der Waals surface area contributed by atoms with Crippen molar-refractivity contribution in [2.24, 2.45) is 0 Å². The van der Waals surface area contributed by atoms with Crippen molar-refractivity contribution in [2.75, 3.05) is 26.5 Å². The molecule has 142 valence electrons. The molecule has 0 heterocycles. The number of nitrogens with two attached hydrogens (primary N) is 1. The third-order valence-corrected chi connectivity index (χ3v) is 3.98. The highest BCUT2D eigenvalue weighted by molar-refractivity contribution is 6.14. The van der Waals surface area contributed by atoms with E-state index in [1.54, 1.807) is 24.3 Å². The van der Waals surface area contributed by atoms with Crippen LogP contribution in [0.15, 0.2) is 36.4 Å². The summed E-state index contributed by atoms with van der Waals surface area (Å²) in [6.45, 7) is 2.30. The molecule has 0 fully saturated rings. The Morgan fingerprint density at radius 1 is 1.04 bits per heavy atom. The van der Waals surface area contributed by atoms with E-state index in [1.807, 2.05) is 6.92 Å². The summed E-state index contributed by atoms with van der Waals surface area (Å²) < 4.78 is 9.92. The SMILES string of the molecule is CCNC(=O)c1ccc(C(=O)c2cc(CC(=O)OC)ccc2OC)c(N)c1. The van der Waals surface area contributed by atoms with Crippen LogP contribution in [0.4, 0.5) is 5.69 Å². The van der Waals surface area contributed by atoms with Crippen LogP contribution in [0.2, 0.25) is 0 Å². The van der Waals surface area contributed by atoms with Crippen LogP contribution in [0, 0.1) is 0 Å². The second-order valence-electron chi connectivity index (χ2n) is 5.78. The lowest BCUT2D eigenvalue weighted by Crippen LogP contribution is -2.23. The summed E-state index contributed by atoms with van der Waals surface area (Å²) in [5.74, 6) is -0.676. The van der Waals surface area contributed by atoms with E-state index in [1.165, 1.54) is 26.4 Å². The molecule has 0 aliphatic heterocycles. The molecule has 0 saturated heterocycles. The van der Waals surface area contributed by atoms with Crippen LogP contribution < -0.4 is 15.8 Å². The number of carbonyl (C=O) groups excluding carboxylic acids is 3. The fraction of sp³-hybridized carbons (Fsp3) is 0.250. The number of methoxy groups -OCH3 is 2. The highest BCUT2D eigenvalue weighted by Gasteiger charge is 2.19. The van der Waals surface area contributed by atoms with E-state index >= 15 is 0 Å². The van der Waals surface area contributed by atoms with Crippen molar-refractivity contribution < 1.29 is 23.9 Å². The first-order valence-corrected chi connectivity index (χ1v) is 8.37. The van der Waals surface area contributed by atoms with Crippen LogP contribution in [-0.2, 0) is 16.0 Å². The fourth-order valence-corrected chi connectivity index (χ4v) is 2.60. The van der Waals surface area contributed by atoms with E-state index in [2.05, 4.69) is 10.1 Å². The van der Waals surface area contributed by atoms with Gasteiger partial charge in [0.05, 0.1) is 26.2 Å². The number of carbonyl (C=O) groups is 3. The molecule has 0 unspecified atom stereocenters. The molecular weight excluding hydrogens is 348 g/mol. The molecule has 3 N–H and O–H groups in total. The first kappa shape index (κ1) is 20.0. The van der Waals surface area contributed by atoms with Crippen LogP contribution in [0.5, 0.6) is 5.75 Å². The minimum absolute atomic E-state index is 0.0341. The topological polar surface area (TPSA) is 108 Å². The summed E-state index contributed by atoms with van der Waals surface area (Å²) in [6, 6.07) is 9.39. The van der Waals surface area contributed by atoms with Gasteiger partial charge in [-0.1, -0.05) is 6.07 Å². The number of hydrogen-bond acceptors (Lipinski definition) is 6. The number of nitrogens with one attached hydrogen (secondary N) is 1. The molecule has 7 heteroatoms. The zero-order chi connectivity index (χ0) is 20.0. The minimum Gasteiger partial charge on any atom is -0.496 e. The molecule has 0 aliphatic rings. The number of esters is 1. The molecule has 0 saturated carbocycles. The molecule has 0 radical (unpaired) electrons. The summed E-state index contributed by atoms with van der Waals surface area (Å²) in [4.78, 5) is 36.4. The molecule has 7 nitrogen and oxygen atoms in total. The Balaban J connectivity index is 2.40. The van der Waals surface area contributed by atoms with Crippen molar-refractivity contribution in [3.63, 3.8) is 0 Å². The number of ether oxygens (including phenoxy) is 2. The van der Waals surface area contributed by atoms with Gasteiger partial charge in [-0.15, -0.1) is 0 Å². The highest BCUT2D eigenvalue weighted by Crippen LogP contribution is 2.26. The van der Waals surface area contributed by atoms with Crippen molar-refractivity contribution >= 4 is 23.3 Å². The normalized spacial score (nSPS) is 10.2. The Hall–Kier alpha value is -3.35. The van der Waals surface area contributed by atoms with Crippen LogP contribution in [0.25, 0.3) is 0 Å². The molecule has 0 atom stereocenters. The number of rotatable bonds is 7. The second-order valence-corrected chi connectivity index (χ2v) is 5.78. The maximum absolute atomic E-state index is 13.0. The summed E-state index contributed by atoms with van der Waals surface area (Å²) in [5.41, 5.74) is 7.70. The first-order chi connectivity index (χ1) is 12.9. The minimum atomic E-state index is -0.413. The van der Waals surface area contributed by atoms with E-state index in [0.717, 1.165) is 0 Å². The van der Waals surface area contributed by atoms with Crippen LogP contribution in [0.3, 0.4) is 0 Å². The van der Waals surface area contributed by atoms with Gasteiger partial charge >= 0.3 is 5.97 Å². The van der Waals surface area contributed by atoms with E-state index in [-0.39, 0.29) is 34.9 Å². The van der Waals surface area contributed by atoms with Gasteiger partial charge in [-0.2, -0.15) is 0 Å². The summed E-state index contributed by atoms with van der Waals surface area (Å²) in [7, 11) is 2.75. The summed E-state index contributed by atoms with van der Waals surface area (Å²) in [5, 5.41) is 2.68. The zero-order valence-electron chi connectivity index (χ0n) is 15.5. The number of ketones is 1. The van der Waals surface area contributed by atoms with Crippen molar-refractivity contribution in [1.82, 2.24) is 5.32 Å². The Labute approximate surface area is 157 Å². The number of anilines is 1. The summed E-state index contributed by atoms with van der Waals surface area (Å²) in [6.07, 6.45) is 0.0341. The van der Waals surface area contributed by atoms with Crippen molar-refractivity contribution in [3.05, 3.63) is 58.7 Å². The number of benzene rings is 2. The Kier molecular flexibility index (Phi) is 6.54. The molecule has 2 rings (SSSR count). The van der Waals surface area contributed by atoms with Crippen LogP contribution in [0.1, 0.15) is 38.8 Å². The lowest BCUT2D eigenvalue weighted by molar-refractivity contribution is -0.139. The molecule has 27 heavy (non-hydrogen) atoms. The van der Waals surface area contributed by atoms with Gasteiger partial charge in [-0.3, -0.25) is 14.4 Å². The standard InChI is InChI=1S/C20H22N2O5/c1-4-22-20(25)13-6-7-14(16(21)11-13)19(24)15-9-12(10-18(23)27-3)5-8-17(15)26-2/h5-9,11H,4,10,21H2,1-3H3,(H,22,25). The van der Waals surface area contributed by atoms with Gasteiger partial charge in [0, 0.05) is 23.4 Å². The predicted molar refractivity (Wildman–Crippen MR) is 101 cm³/mol. The van der Waals surface area contributed by atoms with Gasteiger partial charge in [0.2, 0.25) is 0 Å². The smallest absolute Gasteiger partial charge is 0.309 e. The van der Waals surface area contributed by atoms with Gasteiger partial charge in [-0.25, -0.2) is 0 Å². The molecule has 0 aliphatic carbocycles. The van der Waals surface area contributed by atoms with Gasteiger partial charge in [-0.05, 0) is 42.8 Å². The van der Waals surface area contributed by atoms with Crippen molar-refractivity contribution in [2.45, 2.75) is 13.3 Å². The largest absolute Gasteiger partial charge is 0.496 e. The van der Waals surface area contributed by atoms with Gasteiger partial charge in [0.1, 0.15) is 5.75 Å². The lowest BCUT2D eigenvalue weighted by Gasteiger charge is -2.12. The molecule has 2 aromatic carbocycles. The molecule has 0 aromatic heterocycles. The summed E-state index contributed by atoms with van der Waals surface area (Å²) >= 11 is 0. The maximum atomic E-state index is 13.0. The van der Waals surface area contributed by atoms with Crippen LogP contribution in [-0.4, -0.2) is 38.4 Å². The van der Waals surface area contributed by atoms with E-state index in [4.69, 9.17) is 10.5 Å². The van der Waals surface area contributed by atoms with Crippen molar-refractivity contribution in [1.29, 1.82) is 0 Å². The van der Waals surface area contributed by atoms with E-state index in [9.17, 15) is 14.4 Å². The average molecular weight is 370 g/mol. The number of hydrogen-bond donors (Lipinski definition) is 2. The Bertz CT molecular complexity index is 877. The van der Waals surface area contributed by atoms with E-state index < -0.39 is 5.97 Å². The lowest BCUT2D eigenvalue weighted by atomic mass is 9.97. The monoisotopic (exact) mass is 370 g/mol. The van der Waals surface area contributed by atoms with Gasteiger partial charge in [0.15, 0.2) is 5.78 Å². The molecule has 2 aromatic rings. The average Bonchev–Trinajstić information content (AvgIpc) is 2.67. The quantitative estimate of drug-likeness (QED) is 0.438. The predicted octanol–water partition coefficient (Wildman–Crippen LogP) is 1.97. The van der Waals surface area contributed by atoms with Crippen LogP contribution >= 0.6 is 0 Å². The van der Waals surface area contributed by atoms with E-state index in [0.29, 0.717) is 23.4 Å². The van der Waals surface area contributed by atoms with Gasteiger partial charge < -0.3 is 20.5 Å². The van der Waals surface area contributed by atoms with Crippen molar-refractivity contribution in [3.8, 4) is 5.75 Å². The third-order valence-electron chi connectivity index (χ3n) is 3.98. The second kappa shape index (κ2) is 8.84. The molecule has 0 bridgehead atoms. The fourth-order valence-electron chi connectivity index (χ4n) is 2.60. The third kappa shape index (κ3) is 4.63. The highest BCUT2D eigenvalue weighted by atomic mass is 16.5. The maximum Gasteiger partial charge on any atom is 0.309 e. The first-order valence-electron chi connectivity index (χ1n) is 8.37. The molecule has 0 spiro atoms. The number of nitrogen functional groups attached to an aromatic ring is 1. The van der Waals surface area contributed by atoms with Gasteiger partial charge in [0.25, 0.3) is 5.91 Å². The Morgan fingerprint density at radius 2 is 1.78 bits per heavy atom. The Morgan fingerprint density at radius 3 is 2.37 bits per heavy atom. The molecule has 1 amide bonds. The number of amides is 1. The molecular formula is C20H22N2O5.